The molecule has 0 unspecified atom stereocenters. The summed E-state index contributed by atoms with van der Waals surface area (Å²) < 4.78 is 30.7. The number of methoxy groups -OCH3 is 1. The van der Waals surface area contributed by atoms with E-state index in [1.807, 2.05) is 42.5 Å². The monoisotopic (exact) mass is 502 g/mol. The van der Waals surface area contributed by atoms with Crippen LogP contribution in [0.4, 0.5) is 11.4 Å². The Morgan fingerprint density at radius 3 is 2.63 bits per heavy atom. The zero-order valence-electron chi connectivity index (χ0n) is 15.0. The molecule has 7 nitrogen and oxygen atoms in total. The third kappa shape index (κ3) is 5.48. The number of nitrogens with one attached hydrogen (secondary N) is 1. The summed E-state index contributed by atoms with van der Waals surface area (Å²) in [5.41, 5.74) is 8.31. The van der Waals surface area contributed by atoms with Crippen LogP contribution in [0.1, 0.15) is 12.0 Å². The highest BCUT2D eigenvalue weighted by atomic mass is 127. The van der Waals surface area contributed by atoms with E-state index in [0.717, 1.165) is 17.0 Å². The third-order valence-electron chi connectivity index (χ3n) is 4.09. The van der Waals surface area contributed by atoms with E-state index < -0.39 is 10.0 Å². The van der Waals surface area contributed by atoms with Crippen molar-refractivity contribution in [1.82, 2.24) is 0 Å². The van der Waals surface area contributed by atoms with Gasteiger partial charge in [-0.05, 0) is 48.4 Å². The predicted octanol–water partition coefficient (Wildman–Crippen LogP) is 2.78. The summed E-state index contributed by atoms with van der Waals surface area (Å²) in [6.45, 7) is 0.882. The molecule has 2 aromatic carbocycles. The van der Waals surface area contributed by atoms with Crippen molar-refractivity contribution in [3.63, 3.8) is 0 Å². The highest BCUT2D eigenvalue weighted by Crippen LogP contribution is 2.25. The van der Waals surface area contributed by atoms with Gasteiger partial charge in [0.2, 0.25) is 10.0 Å². The average Bonchev–Trinajstić information content (AvgIpc) is 3.00. The van der Waals surface area contributed by atoms with Gasteiger partial charge in [0, 0.05) is 12.2 Å². The molecule has 1 aliphatic rings. The van der Waals surface area contributed by atoms with Crippen molar-refractivity contribution in [3.05, 3.63) is 54.1 Å². The molecular formula is C18H23IN4O3S. The van der Waals surface area contributed by atoms with E-state index in [1.165, 1.54) is 4.31 Å². The first-order chi connectivity index (χ1) is 12.5. The zero-order chi connectivity index (χ0) is 18.6. The van der Waals surface area contributed by atoms with Gasteiger partial charge >= 0.3 is 0 Å². The van der Waals surface area contributed by atoms with Gasteiger partial charge in [-0.25, -0.2) is 13.4 Å². The lowest BCUT2D eigenvalue weighted by atomic mass is 10.2. The Labute approximate surface area is 176 Å². The summed E-state index contributed by atoms with van der Waals surface area (Å²) in [6, 6.07) is 14.7. The Balaban J connectivity index is 0.00000261. The van der Waals surface area contributed by atoms with Gasteiger partial charge in [0.1, 0.15) is 5.75 Å². The molecule has 1 saturated heterocycles. The fourth-order valence-corrected chi connectivity index (χ4v) is 4.33. The van der Waals surface area contributed by atoms with Crippen molar-refractivity contribution in [2.45, 2.75) is 13.0 Å². The predicted molar refractivity (Wildman–Crippen MR) is 120 cm³/mol. The quantitative estimate of drug-likeness (QED) is 0.373. The SMILES string of the molecule is COc1ccc(NC(N)=NCc2cccc(N3CCCS3(=O)=O)c2)cc1.I. The molecule has 0 bridgehead atoms. The molecule has 0 aromatic heterocycles. The minimum atomic E-state index is -3.18. The lowest BCUT2D eigenvalue weighted by Crippen LogP contribution is -2.25. The van der Waals surface area contributed by atoms with Gasteiger partial charge in [-0.1, -0.05) is 12.1 Å². The average molecular weight is 502 g/mol. The lowest BCUT2D eigenvalue weighted by molar-refractivity contribution is 0.415. The molecular weight excluding hydrogens is 479 g/mol. The Hall–Kier alpha value is -2.01. The number of nitrogens with zero attached hydrogens (tertiary/aromatic N) is 2. The van der Waals surface area contributed by atoms with E-state index in [1.54, 1.807) is 13.2 Å². The summed E-state index contributed by atoms with van der Waals surface area (Å²) in [4.78, 5) is 4.32. The molecule has 0 aliphatic carbocycles. The smallest absolute Gasteiger partial charge is 0.235 e. The van der Waals surface area contributed by atoms with Gasteiger partial charge in [0.15, 0.2) is 5.96 Å². The number of ether oxygens (including phenoxy) is 1. The zero-order valence-corrected chi connectivity index (χ0v) is 18.1. The summed E-state index contributed by atoms with van der Waals surface area (Å²) in [5.74, 6) is 1.25. The molecule has 1 heterocycles. The highest BCUT2D eigenvalue weighted by Gasteiger charge is 2.28. The summed E-state index contributed by atoms with van der Waals surface area (Å²) >= 11 is 0. The lowest BCUT2D eigenvalue weighted by Gasteiger charge is -2.17. The van der Waals surface area contributed by atoms with Crippen LogP contribution in [0.5, 0.6) is 5.75 Å². The minimum absolute atomic E-state index is 0. The van der Waals surface area contributed by atoms with E-state index in [-0.39, 0.29) is 35.7 Å². The molecule has 0 saturated carbocycles. The summed E-state index contributed by atoms with van der Waals surface area (Å²) in [7, 11) is -1.57. The fourth-order valence-electron chi connectivity index (χ4n) is 2.78. The Morgan fingerprint density at radius 1 is 1.26 bits per heavy atom. The first kappa shape index (κ1) is 21.3. The Bertz CT molecular complexity index is 901. The number of sulfonamides is 1. The number of aliphatic imine (C=N–C) groups is 1. The first-order valence-corrected chi connectivity index (χ1v) is 9.89. The largest absolute Gasteiger partial charge is 0.497 e. The van der Waals surface area contributed by atoms with E-state index >= 15 is 0 Å². The van der Waals surface area contributed by atoms with Crippen LogP contribution >= 0.6 is 24.0 Å². The number of rotatable bonds is 5. The molecule has 9 heteroatoms. The maximum Gasteiger partial charge on any atom is 0.235 e. The van der Waals surface area contributed by atoms with Crippen LogP contribution in [0.3, 0.4) is 0 Å². The van der Waals surface area contributed by atoms with E-state index in [4.69, 9.17) is 10.5 Å². The Morgan fingerprint density at radius 2 is 2.00 bits per heavy atom. The second-order valence-electron chi connectivity index (χ2n) is 5.97. The van der Waals surface area contributed by atoms with Crippen molar-refractivity contribution in [1.29, 1.82) is 0 Å². The van der Waals surface area contributed by atoms with Gasteiger partial charge in [-0.15, -0.1) is 24.0 Å². The second-order valence-corrected chi connectivity index (χ2v) is 7.98. The topological polar surface area (TPSA) is 97.0 Å². The van der Waals surface area contributed by atoms with Crippen LogP contribution < -0.4 is 20.1 Å². The first-order valence-electron chi connectivity index (χ1n) is 8.28. The van der Waals surface area contributed by atoms with E-state index in [2.05, 4.69) is 10.3 Å². The van der Waals surface area contributed by atoms with Crippen molar-refractivity contribution in [2.75, 3.05) is 29.0 Å². The molecule has 1 fully saturated rings. The molecule has 3 rings (SSSR count). The van der Waals surface area contributed by atoms with Gasteiger partial charge in [0.05, 0.1) is 25.1 Å². The van der Waals surface area contributed by atoms with Crippen LogP contribution in [0.15, 0.2) is 53.5 Å². The number of nitrogens with two attached hydrogens (primary N) is 1. The maximum absolute atomic E-state index is 12.0. The van der Waals surface area contributed by atoms with Crippen molar-refractivity contribution >= 4 is 51.3 Å². The minimum Gasteiger partial charge on any atom is -0.497 e. The molecule has 3 N–H and O–H groups in total. The van der Waals surface area contributed by atoms with Crippen molar-refractivity contribution < 1.29 is 13.2 Å². The highest BCUT2D eigenvalue weighted by molar-refractivity contribution is 14.0. The number of hydrogen-bond acceptors (Lipinski definition) is 4. The maximum atomic E-state index is 12.0. The molecule has 146 valence electrons. The molecule has 0 radical (unpaired) electrons. The van der Waals surface area contributed by atoms with Crippen molar-refractivity contribution in [3.8, 4) is 5.75 Å². The van der Waals surface area contributed by atoms with E-state index in [9.17, 15) is 8.42 Å². The second kappa shape index (κ2) is 9.27. The van der Waals surface area contributed by atoms with Crippen LogP contribution in [0.2, 0.25) is 0 Å². The Kier molecular flexibility index (Phi) is 7.31. The summed E-state index contributed by atoms with van der Waals surface area (Å²) in [6.07, 6.45) is 0.656. The molecule has 1 aliphatic heterocycles. The number of hydrogen-bond donors (Lipinski definition) is 2. The molecule has 0 spiro atoms. The molecule has 0 atom stereocenters. The number of anilines is 2. The fraction of sp³-hybridized carbons (Fsp3) is 0.278. The standard InChI is InChI=1S/C18H22N4O3S.HI/c1-25-17-8-6-15(7-9-17)21-18(19)20-13-14-4-2-5-16(12-14)22-10-3-11-26(22,23)24;/h2,4-9,12H,3,10-11,13H2,1H3,(H3,19,20,21);1H. The van der Waals surface area contributed by atoms with Crippen LogP contribution in [0, 0.1) is 0 Å². The summed E-state index contributed by atoms with van der Waals surface area (Å²) in [5, 5.41) is 3.01. The third-order valence-corrected chi connectivity index (χ3v) is 5.96. The number of guanidine groups is 1. The number of halogens is 1. The van der Waals surface area contributed by atoms with Crippen LogP contribution in [-0.4, -0.2) is 33.8 Å². The van der Waals surface area contributed by atoms with Gasteiger partial charge in [0.25, 0.3) is 0 Å². The molecule has 0 amide bonds. The molecule has 2 aromatic rings. The van der Waals surface area contributed by atoms with Crippen molar-refractivity contribution in [2.24, 2.45) is 10.7 Å². The number of benzene rings is 2. The van der Waals surface area contributed by atoms with Gasteiger partial charge in [-0.2, -0.15) is 0 Å². The van der Waals surface area contributed by atoms with E-state index in [0.29, 0.717) is 25.2 Å². The van der Waals surface area contributed by atoms with Crippen LogP contribution in [-0.2, 0) is 16.6 Å². The van der Waals surface area contributed by atoms with Gasteiger partial charge < -0.3 is 15.8 Å². The normalized spacial score (nSPS) is 15.9. The van der Waals surface area contributed by atoms with Gasteiger partial charge in [-0.3, -0.25) is 4.31 Å². The van der Waals surface area contributed by atoms with Crippen LogP contribution in [0.25, 0.3) is 0 Å². The molecule has 27 heavy (non-hydrogen) atoms.